The van der Waals surface area contributed by atoms with Gasteiger partial charge in [-0.05, 0) is 18.4 Å². The van der Waals surface area contributed by atoms with E-state index in [-0.39, 0.29) is 23.6 Å². The van der Waals surface area contributed by atoms with Crippen LogP contribution in [0, 0.1) is 0 Å². The van der Waals surface area contributed by atoms with Crippen molar-refractivity contribution in [3.63, 3.8) is 0 Å². The lowest BCUT2D eigenvalue weighted by Gasteiger charge is -2.44. The molecule has 2 amide bonds. The first-order chi connectivity index (χ1) is 13.1. The third-order valence-electron chi connectivity index (χ3n) is 4.42. The Kier molecular flexibility index (Phi) is 6.84. The summed E-state index contributed by atoms with van der Waals surface area (Å²) in [6, 6.07) is 2.21. The van der Waals surface area contributed by atoms with E-state index in [1.54, 1.807) is 0 Å². The SMILES string of the molecule is CC1(CBr)S[C@H]2C(NC(=O)Cc3cccs3)C(=O)N2C1C(=O)OCC(Cl)(Cl)Cl. The largest absolute Gasteiger partial charge is 0.460 e. The number of esters is 1. The molecule has 0 aromatic carbocycles. The molecule has 2 aliphatic heterocycles. The number of β-lactam (4-membered cyclic amide) rings is 1. The highest BCUT2D eigenvalue weighted by Crippen LogP contribution is 2.52. The lowest BCUT2D eigenvalue weighted by molar-refractivity contribution is -0.164. The molecule has 2 fully saturated rings. The molecule has 3 heterocycles. The minimum Gasteiger partial charge on any atom is -0.460 e. The van der Waals surface area contributed by atoms with E-state index in [1.165, 1.54) is 28.0 Å². The Morgan fingerprint density at radius 3 is 2.71 bits per heavy atom. The van der Waals surface area contributed by atoms with Gasteiger partial charge in [0.2, 0.25) is 15.6 Å². The number of rotatable bonds is 6. The Bertz CT molecular complexity index is 776. The molecule has 2 aliphatic rings. The number of nitrogens with one attached hydrogen (secondary N) is 1. The van der Waals surface area contributed by atoms with E-state index in [1.807, 2.05) is 24.4 Å². The van der Waals surface area contributed by atoms with Gasteiger partial charge < -0.3 is 15.0 Å². The number of fused-ring (bicyclic) bond motifs is 1. The molecule has 4 atom stereocenters. The number of carbonyl (C=O) groups excluding carboxylic acids is 3. The summed E-state index contributed by atoms with van der Waals surface area (Å²) >= 11 is 23.3. The first kappa shape index (κ1) is 22.5. The number of alkyl halides is 4. The fraction of sp³-hybridized carbons (Fsp3) is 0.562. The molecule has 0 saturated carbocycles. The van der Waals surface area contributed by atoms with Crippen LogP contribution in [0.5, 0.6) is 0 Å². The van der Waals surface area contributed by atoms with Crippen LogP contribution >= 0.6 is 73.8 Å². The fourth-order valence-electron chi connectivity index (χ4n) is 3.15. The van der Waals surface area contributed by atoms with Gasteiger partial charge in [-0.25, -0.2) is 4.79 Å². The standard InChI is InChI=1S/C16H16BrCl3N2O4S2/c1-15(6-17)11(14(25)26-7-16(18,19)20)22-12(24)10(13(22)28-15)21-9(23)5-8-3-2-4-27-8/h2-4,10-11,13H,5-7H2,1H3,(H,21,23)/t10?,11?,13-,15?/m0/s1. The minimum atomic E-state index is -1.73. The number of thiophene rings is 1. The lowest BCUT2D eigenvalue weighted by atomic mass is 9.96. The van der Waals surface area contributed by atoms with Crippen LogP contribution in [0.3, 0.4) is 0 Å². The Morgan fingerprint density at radius 1 is 1.43 bits per heavy atom. The summed E-state index contributed by atoms with van der Waals surface area (Å²) in [5.41, 5.74) is 0. The average Bonchev–Trinajstić information content (AvgIpc) is 3.22. The molecule has 0 radical (unpaired) electrons. The van der Waals surface area contributed by atoms with Gasteiger partial charge in [0.25, 0.3) is 0 Å². The number of amides is 2. The highest BCUT2D eigenvalue weighted by atomic mass is 79.9. The maximum absolute atomic E-state index is 12.7. The quantitative estimate of drug-likeness (QED) is 0.335. The van der Waals surface area contributed by atoms with Crippen molar-refractivity contribution < 1.29 is 19.1 Å². The van der Waals surface area contributed by atoms with Crippen molar-refractivity contribution in [2.24, 2.45) is 0 Å². The summed E-state index contributed by atoms with van der Waals surface area (Å²) in [6.45, 7) is 1.44. The second-order valence-electron chi connectivity index (χ2n) is 6.63. The maximum atomic E-state index is 12.7. The smallest absolute Gasteiger partial charge is 0.330 e. The predicted molar refractivity (Wildman–Crippen MR) is 115 cm³/mol. The van der Waals surface area contributed by atoms with Gasteiger partial charge in [0.1, 0.15) is 24.1 Å². The number of nitrogens with zero attached hydrogens (tertiary/aromatic N) is 1. The van der Waals surface area contributed by atoms with Crippen molar-refractivity contribution in [1.82, 2.24) is 10.2 Å². The van der Waals surface area contributed by atoms with Crippen molar-refractivity contribution in [3.05, 3.63) is 22.4 Å². The van der Waals surface area contributed by atoms with E-state index in [9.17, 15) is 14.4 Å². The van der Waals surface area contributed by atoms with Gasteiger partial charge in [0.15, 0.2) is 0 Å². The van der Waals surface area contributed by atoms with E-state index in [2.05, 4.69) is 21.2 Å². The van der Waals surface area contributed by atoms with Gasteiger partial charge in [0.05, 0.1) is 11.2 Å². The molecule has 154 valence electrons. The summed E-state index contributed by atoms with van der Waals surface area (Å²) in [5, 5.41) is 4.75. The Hall–Kier alpha value is -0.190. The first-order valence-corrected chi connectivity index (χ1v) is 12.2. The van der Waals surface area contributed by atoms with Gasteiger partial charge in [-0.1, -0.05) is 56.8 Å². The second kappa shape index (κ2) is 8.51. The number of hydrogen-bond acceptors (Lipinski definition) is 6. The summed E-state index contributed by atoms with van der Waals surface area (Å²) in [5.74, 6) is -1.19. The molecule has 1 aromatic heterocycles. The zero-order valence-electron chi connectivity index (χ0n) is 14.5. The third-order valence-corrected chi connectivity index (χ3v) is 8.81. The number of carbonyl (C=O) groups is 3. The molecule has 2 saturated heterocycles. The van der Waals surface area contributed by atoms with Crippen molar-refractivity contribution in [2.75, 3.05) is 11.9 Å². The summed E-state index contributed by atoms with van der Waals surface area (Å²) in [7, 11) is 0. The maximum Gasteiger partial charge on any atom is 0.330 e. The molecular formula is C16H16BrCl3N2O4S2. The van der Waals surface area contributed by atoms with Crippen LogP contribution < -0.4 is 5.32 Å². The van der Waals surface area contributed by atoms with Crippen molar-refractivity contribution in [2.45, 2.75) is 39.3 Å². The fourth-order valence-corrected chi connectivity index (χ4v) is 6.33. The van der Waals surface area contributed by atoms with Gasteiger partial charge in [-0.3, -0.25) is 9.59 Å². The molecule has 12 heteroatoms. The molecule has 6 nitrogen and oxygen atoms in total. The molecular weight excluding hydrogens is 535 g/mol. The highest BCUT2D eigenvalue weighted by molar-refractivity contribution is 9.09. The molecule has 3 rings (SSSR count). The Labute approximate surface area is 193 Å². The zero-order valence-corrected chi connectivity index (χ0v) is 20.0. The molecule has 0 aliphatic carbocycles. The summed E-state index contributed by atoms with van der Waals surface area (Å²) in [4.78, 5) is 40.0. The zero-order chi connectivity index (χ0) is 20.7. The Morgan fingerprint density at radius 2 is 2.14 bits per heavy atom. The molecule has 0 spiro atoms. The Balaban J connectivity index is 1.68. The summed E-state index contributed by atoms with van der Waals surface area (Å²) in [6.07, 6.45) is 0.212. The van der Waals surface area contributed by atoms with Crippen molar-refractivity contribution in [1.29, 1.82) is 0 Å². The van der Waals surface area contributed by atoms with Gasteiger partial charge in [-0.15, -0.1) is 23.1 Å². The van der Waals surface area contributed by atoms with Crippen molar-refractivity contribution >= 4 is 91.6 Å². The van der Waals surface area contributed by atoms with E-state index in [4.69, 9.17) is 39.5 Å². The van der Waals surface area contributed by atoms with Crippen LogP contribution in [0.2, 0.25) is 0 Å². The third kappa shape index (κ3) is 4.59. The molecule has 3 unspecified atom stereocenters. The highest BCUT2D eigenvalue weighted by Gasteiger charge is 2.65. The molecule has 1 N–H and O–H groups in total. The van der Waals surface area contributed by atoms with E-state index in [0.29, 0.717) is 5.33 Å². The minimum absolute atomic E-state index is 0.212. The van der Waals surface area contributed by atoms with E-state index < -0.39 is 33.2 Å². The van der Waals surface area contributed by atoms with Gasteiger partial charge in [-0.2, -0.15) is 0 Å². The van der Waals surface area contributed by atoms with E-state index in [0.717, 1.165) is 4.88 Å². The van der Waals surface area contributed by atoms with E-state index >= 15 is 0 Å². The number of halogens is 4. The van der Waals surface area contributed by atoms with Crippen LogP contribution in [-0.4, -0.2) is 60.6 Å². The van der Waals surface area contributed by atoms with Crippen LogP contribution in [-0.2, 0) is 25.5 Å². The van der Waals surface area contributed by atoms with Crippen molar-refractivity contribution in [3.8, 4) is 0 Å². The average molecular weight is 551 g/mol. The van der Waals surface area contributed by atoms with Crippen LogP contribution in [0.4, 0.5) is 0 Å². The van der Waals surface area contributed by atoms with Crippen LogP contribution in [0.15, 0.2) is 17.5 Å². The number of thioether (sulfide) groups is 1. The lowest BCUT2D eigenvalue weighted by Crippen LogP contribution is -2.71. The van der Waals surface area contributed by atoms with Gasteiger partial charge in [0, 0.05) is 10.2 Å². The second-order valence-corrected chi connectivity index (χ2v) is 12.4. The number of ether oxygens (including phenoxy) is 1. The number of hydrogen-bond donors (Lipinski definition) is 1. The normalized spacial score (nSPS) is 29.2. The first-order valence-electron chi connectivity index (χ1n) is 8.17. The monoisotopic (exact) mass is 548 g/mol. The topological polar surface area (TPSA) is 75.7 Å². The van der Waals surface area contributed by atoms with Gasteiger partial charge >= 0.3 is 5.97 Å². The molecule has 0 bridgehead atoms. The predicted octanol–water partition coefficient (Wildman–Crippen LogP) is 3.13. The molecule has 28 heavy (non-hydrogen) atoms. The summed E-state index contributed by atoms with van der Waals surface area (Å²) < 4.78 is 2.75. The van der Waals surface area contributed by atoms with Crippen LogP contribution in [0.25, 0.3) is 0 Å². The molecule has 1 aromatic rings. The van der Waals surface area contributed by atoms with Crippen LogP contribution in [0.1, 0.15) is 11.8 Å².